The van der Waals surface area contributed by atoms with Crippen molar-refractivity contribution in [3.8, 4) is 0 Å². The third kappa shape index (κ3) is 2.46. The van der Waals surface area contributed by atoms with Gasteiger partial charge in [0.25, 0.3) is 10.0 Å². The second-order valence-electron chi connectivity index (χ2n) is 4.31. The molecule has 0 fully saturated rings. The van der Waals surface area contributed by atoms with Crippen molar-refractivity contribution in [2.45, 2.75) is 18.7 Å². The Morgan fingerprint density at radius 2 is 1.95 bits per heavy atom. The third-order valence-corrected chi connectivity index (χ3v) is 4.89. The van der Waals surface area contributed by atoms with Crippen molar-refractivity contribution in [3.63, 3.8) is 0 Å². The predicted molar refractivity (Wildman–Crippen MR) is 77.1 cm³/mol. The lowest BCUT2D eigenvalue weighted by Gasteiger charge is -2.22. The molecule has 0 aliphatic rings. The Morgan fingerprint density at radius 1 is 1.30 bits per heavy atom. The van der Waals surface area contributed by atoms with Crippen LogP contribution in [0.3, 0.4) is 0 Å². The summed E-state index contributed by atoms with van der Waals surface area (Å²) in [5.74, 6) is 0.285. The van der Waals surface area contributed by atoms with Crippen molar-refractivity contribution in [2.75, 3.05) is 10.8 Å². The van der Waals surface area contributed by atoms with Gasteiger partial charge in [-0.2, -0.15) is 0 Å². The highest BCUT2D eigenvalue weighted by Gasteiger charge is 2.30. The molecule has 0 bridgehead atoms. The number of aromatic nitrogens is 1. The zero-order valence-electron chi connectivity index (χ0n) is 11.4. The van der Waals surface area contributed by atoms with Crippen LogP contribution < -0.4 is 4.31 Å². The van der Waals surface area contributed by atoms with Gasteiger partial charge in [-0.3, -0.25) is 4.31 Å². The van der Waals surface area contributed by atoms with Crippen LogP contribution in [0.4, 0.5) is 5.69 Å². The minimum atomic E-state index is -3.73. The molecule has 5 nitrogen and oxygen atoms in total. The molecule has 2 aromatic rings. The van der Waals surface area contributed by atoms with Gasteiger partial charge in [0.1, 0.15) is 5.69 Å². The van der Waals surface area contributed by atoms with E-state index >= 15 is 0 Å². The quantitative estimate of drug-likeness (QED) is 0.795. The van der Waals surface area contributed by atoms with Crippen molar-refractivity contribution >= 4 is 15.7 Å². The lowest BCUT2D eigenvalue weighted by molar-refractivity contribution is 0.390. The van der Waals surface area contributed by atoms with Gasteiger partial charge in [-0.25, -0.2) is 8.42 Å². The van der Waals surface area contributed by atoms with Crippen molar-refractivity contribution in [1.82, 2.24) is 5.16 Å². The fourth-order valence-corrected chi connectivity index (χ4v) is 3.74. The minimum Gasteiger partial charge on any atom is -0.360 e. The Morgan fingerprint density at radius 3 is 2.45 bits per heavy atom. The molecule has 0 N–H and O–H groups in total. The molecule has 106 valence electrons. The first-order valence-corrected chi connectivity index (χ1v) is 7.54. The highest BCUT2D eigenvalue weighted by Crippen LogP contribution is 2.27. The highest BCUT2D eigenvalue weighted by atomic mass is 32.2. The van der Waals surface area contributed by atoms with E-state index in [1.54, 1.807) is 44.2 Å². The van der Waals surface area contributed by atoms with Gasteiger partial charge in [0.15, 0.2) is 10.7 Å². The van der Waals surface area contributed by atoms with E-state index in [1.807, 2.05) is 6.07 Å². The van der Waals surface area contributed by atoms with Gasteiger partial charge >= 0.3 is 0 Å². The SMILES string of the molecule is C=CCN(c1ccccc1)S(=O)(=O)c1c(C)noc1C. The first-order valence-electron chi connectivity index (χ1n) is 6.10. The molecule has 1 aromatic carbocycles. The number of para-hydroxylation sites is 1. The molecule has 6 heteroatoms. The van der Waals surface area contributed by atoms with E-state index in [4.69, 9.17) is 4.52 Å². The summed E-state index contributed by atoms with van der Waals surface area (Å²) >= 11 is 0. The van der Waals surface area contributed by atoms with Crippen LogP contribution in [0, 0.1) is 13.8 Å². The van der Waals surface area contributed by atoms with Crippen LogP contribution in [0.15, 0.2) is 52.4 Å². The van der Waals surface area contributed by atoms with E-state index in [1.165, 1.54) is 4.31 Å². The second-order valence-corrected chi connectivity index (χ2v) is 6.11. The lowest BCUT2D eigenvalue weighted by Crippen LogP contribution is -2.31. The summed E-state index contributed by atoms with van der Waals surface area (Å²) in [6, 6.07) is 8.87. The summed E-state index contributed by atoms with van der Waals surface area (Å²) in [7, 11) is -3.73. The van der Waals surface area contributed by atoms with Gasteiger partial charge in [0.2, 0.25) is 0 Å². The molecule has 0 spiro atoms. The van der Waals surface area contributed by atoms with Crippen LogP contribution in [0.1, 0.15) is 11.5 Å². The van der Waals surface area contributed by atoms with E-state index in [9.17, 15) is 8.42 Å². The number of nitrogens with zero attached hydrogens (tertiary/aromatic N) is 2. The number of hydrogen-bond donors (Lipinski definition) is 0. The normalized spacial score (nSPS) is 11.3. The number of rotatable bonds is 5. The first-order chi connectivity index (χ1) is 9.48. The van der Waals surface area contributed by atoms with Gasteiger partial charge in [-0.15, -0.1) is 6.58 Å². The fourth-order valence-electron chi connectivity index (χ4n) is 2.01. The fraction of sp³-hybridized carbons (Fsp3) is 0.214. The Balaban J connectivity index is 2.57. The van der Waals surface area contributed by atoms with Gasteiger partial charge in [0, 0.05) is 0 Å². The summed E-state index contributed by atoms with van der Waals surface area (Å²) in [6.07, 6.45) is 1.54. The van der Waals surface area contributed by atoms with Crippen LogP contribution in [0.25, 0.3) is 0 Å². The summed E-state index contributed by atoms with van der Waals surface area (Å²) in [5.41, 5.74) is 0.930. The van der Waals surface area contributed by atoms with E-state index in [0.29, 0.717) is 11.4 Å². The molecule has 0 unspecified atom stereocenters. The Hall–Kier alpha value is -2.08. The van der Waals surface area contributed by atoms with Crippen molar-refractivity contribution in [2.24, 2.45) is 0 Å². The van der Waals surface area contributed by atoms with Crippen molar-refractivity contribution < 1.29 is 12.9 Å². The molecule has 0 amide bonds. The molecule has 0 saturated carbocycles. The van der Waals surface area contributed by atoms with Gasteiger partial charge < -0.3 is 4.52 Å². The van der Waals surface area contributed by atoms with Crippen LogP contribution in [-0.2, 0) is 10.0 Å². The number of benzene rings is 1. The zero-order valence-corrected chi connectivity index (χ0v) is 12.2. The molecule has 0 aliphatic carbocycles. The summed E-state index contributed by atoms with van der Waals surface area (Å²) in [4.78, 5) is 0.114. The maximum atomic E-state index is 12.8. The average molecular weight is 292 g/mol. The van der Waals surface area contributed by atoms with E-state index in [-0.39, 0.29) is 17.2 Å². The lowest BCUT2D eigenvalue weighted by atomic mass is 10.3. The van der Waals surface area contributed by atoms with Crippen molar-refractivity contribution in [3.05, 3.63) is 54.4 Å². The van der Waals surface area contributed by atoms with Crippen molar-refractivity contribution in [1.29, 1.82) is 0 Å². The van der Waals surface area contributed by atoms with Crippen LogP contribution in [0.2, 0.25) is 0 Å². The van der Waals surface area contributed by atoms with E-state index in [0.717, 1.165) is 0 Å². The number of hydrogen-bond acceptors (Lipinski definition) is 4. The van der Waals surface area contributed by atoms with Gasteiger partial charge in [-0.05, 0) is 26.0 Å². The molecular formula is C14H16N2O3S. The number of aryl methyl sites for hydroxylation is 2. The van der Waals surface area contributed by atoms with E-state index in [2.05, 4.69) is 11.7 Å². The van der Waals surface area contributed by atoms with Crippen LogP contribution >= 0.6 is 0 Å². The summed E-state index contributed by atoms with van der Waals surface area (Å²) < 4.78 is 31.9. The molecule has 1 heterocycles. The first kappa shape index (κ1) is 14.3. The standard InChI is InChI=1S/C14H16N2O3S/c1-4-10-16(13-8-6-5-7-9-13)20(17,18)14-11(2)15-19-12(14)3/h4-9H,1,10H2,2-3H3. The topological polar surface area (TPSA) is 63.4 Å². The molecule has 0 saturated heterocycles. The highest BCUT2D eigenvalue weighted by molar-refractivity contribution is 7.93. The Bertz CT molecular complexity index is 686. The molecule has 2 rings (SSSR count). The third-order valence-electron chi connectivity index (χ3n) is 2.86. The molecule has 0 atom stereocenters. The second kappa shape index (κ2) is 5.50. The molecule has 0 radical (unpaired) electrons. The summed E-state index contributed by atoms with van der Waals surface area (Å²) in [5, 5.41) is 3.71. The Kier molecular flexibility index (Phi) is 3.94. The van der Waals surface area contributed by atoms with Gasteiger partial charge in [0.05, 0.1) is 12.2 Å². The smallest absolute Gasteiger partial charge is 0.270 e. The van der Waals surface area contributed by atoms with Crippen LogP contribution in [-0.4, -0.2) is 20.1 Å². The van der Waals surface area contributed by atoms with E-state index < -0.39 is 10.0 Å². The number of anilines is 1. The molecular weight excluding hydrogens is 276 g/mol. The minimum absolute atomic E-state index is 0.114. The Labute approximate surface area is 118 Å². The zero-order chi connectivity index (χ0) is 14.8. The van der Waals surface area contributed by atoms with Gasteiger partial charge in [-0.1, -0.05) is 29.4 Å². The maximum absolute atomic E-state index is 12.8. The molecule has 0 aliphatic heterocycles. The number of sulfonamides is 1. The van der Waals surface area contributed by atoms with Crippen LogP contribution in [0.5, 0.6) is 0 Å². The summed E-state index contributed by atoms with van der Waals surface area (Å²) in [6.45, 7) is 7.00. The monoisotopic (exact) mass is 292 g/mol. The average Bonchev–Trinajstić information content (AvgIpc) is 2.77. The maximum Gasteiger partial charge on any atom is 0.270 e. The largest absolute Gasteiger partial charge is 0.360 e. The molecule has 20 heavy (non-hydrogen) atoms. The predicted octanol–water partition coefficient (Wildman–Crippen LogP) is 2.67. The molecule has 1 aromatic heterocycles.